The van der Waals surface area contributed by atoms with Crippen molar-refractivity contribution in [2.45, 2.75) is 20.4 Å². The van der Waals surface area contributed by atoms with Crippen LogP contribution in [0.3, 0.4) is 0 Å². The summed E-state index contributed by atoms with van der Waals surface area (Å²) >= 11 is 0. The van der Waals surface area contributed by atoms with Gasteiger partial charge in [0.1, 0.15) is 5.75 Å². The average molecular weight is 530 g/mol. The Morgan fingerprint density at radius 1 is 1.03 bits per heavy atom. The monoisotopic (exact) mass is 530 g/mol. The molecule has 0 saturated heterocycles. The zero-order chi connectivity index (χ0) is 25.4. The molecule has 0 aliphatic carbocycles. The van der Waals surface area contributed by atoms with E-state index in [4.69, 9.17) is 9.84 Å². The molecule has 185 valence electrons. The minimum absolute atomic E-state index is 0. The van der Waals surface area contributed by atoms with Crippen molar-refractivity contribution < 1.29 is 45.7 Å². The molecule has 0 saturated carbocycles. The number of amides is 3. The molecule has 36 heavy (non-hydrogen) atoms. The first kappa shape index (κ1) is 28.2. The predicted octanol–water partition coefficient (Wildman–Crippen LogP) is 5.17. The van der Waals surface area contributed by atoms with Crippen LogP contribution in [0.4, 0.5) is 14.9 Å². The zero-order valence-corrected chi connectivity index (χ0v) is 20.6. The van der Waals surface area contributed by atoms with Crippen LogP contribution in [0.2, 0.25) is 0 Å². The third-order valence-electron chi connectivity index (χ3n) is 4.89. The van der Waals surface area contributed by atoms with E-state index in [1.54, 1.807) is 13.3 Å². The van der Waals surface area contributed by atoms with E-state index < -0.39 is 17.8 Å². The second kappa shape index (κ2) is 13.2. The number of aliphatic imine (C=N–C) groups is 1. The summed E-state index contributed by atoms with van der Waals surface area (Å²) in [6, 6.07) is 16.2. The van der Waals surface area contributed by atoms with Gasteiger partial charge in [0, 0.05) is 12.9 Å². The van der Waals surface area contributed by atoms with Gasteiger partial charge in [-0.3, -0.25) is 0 Å². The van der Waals surface area contributed by atoms with E-state index in [1.807, 2.05) is 31.2 Å². The van der Waals surface area contributed by atoms with Crippen LogP contribution < -0.4 is 4.74 Å². The molecule has 1 N–H and O–H groups in total. The number of rotatable bonds is 9. The number of aryl methyl sites for hydroxylation is 1. The maximum Gasteiger partial charge on any atom is 2.00 e. The number of carbonyl (C=O) groups excluding carboxylic acids is 2. The van der Waals surface area contributed by atoms with Gasteiger partial charge in [0.25, 0.3) is 0 Å². The van der Waals surface area contributed by atoms with Crippen LogP contribution in [0, 0.1) is 12.7 Å². The number of carboxylic acid groups (broad SMARTS) is 1. The van der Waals surface area contributed by atoms with Gasteiger partial charge in [-0.1, -0.05) is 42.0 Å². The van der Waals surface area contributed by atoms with Crippen molar-refractivity contribution >= 4 is 30.4 Å². The van der Waals surface area contributed by atoms with Crippen LogP contribution in [-0.2, 0) is 28.4 Å². The summed E-state index contributed by atoms with van der Waals surface area (Å²) in [6.45, 7) is 3.78. The Bertz CT molecular complexity index is 1230. The first-order valence-corrected chi connectivity index (χ1v) is 10.6. The molecule has 0 aliphatic rings. The maximum absolute atomic E-state index is 14.6. The second-order valence-electron chi connectivity index (χ2n) is 7.45. The zero-order valence-electron chi connectivity index (χ0n) is 19.4. The Labute approximate surface area is 218 Å². The molecule has 0 spiro atoms. The SMILES string of the molecule is CCN([C-]=O)C(=O)N([C-]=Nc1ccc(Oc2ccc(C(=O)O)cc2)c(F)c1)Cc1ccc(C)cc1.[Mn+2]. The Morgan fingerprint density at radius 2 is 1.69 bits per heavy atom. The fourth-order valence-corrected chi connectivity index (χ4v) is 2.96. The van der Waals surface area contributed by atoms with Crippen molar-refractivity contribution in [2.24, 2.45) is 4.99 Å². The number of hydrogen-bond donors (Lipinski definition) is 1. The largest absolute Gasteiger partial charge is 2.00 e. The number of imide groups is 1. The fourth-order valence-electron chi connectivity index (χ4n) is 2.96. The van der Waals surface area contributed by atoms with Crippen molar-refractivity contribution in [1.29, 1.82) is 0 Å². The molecule has 3 aromatic rings. The van der Waals surface area contributed by atoms with Crippen molar-refractivity contribution in [1.82, 2.24) is 9.80 Å². The minimum Gasteiger partial charge on any atom is -0.478 e. The van der Waals surface area contributed by atoms with Gasteiger partial charge in [0.05, 0.1) is 12.0 Å². The molecule has 3 rings (SSSR count). The summed E-state index contributed by atoms with van der Waals surface area (Å²) in [7, 11) is 0. The number of halogens is 1. The minimum atomic E-state index is -1.08. The first-order chi connectivity index (χ1) is 16.8. The molecule has 0 atom stereocenters. The van der Waals surface area contributed by atoms with Crippen LogP contribution in [-0.4, -0.2) is 46.2 Å². The second-order valence-corrected chi connectivity index (χ2v) is 7.45. The predicted molar refractivity (Wildman–Crippen MR) is 127 cm³/mol. The van der Waals surface area contributed by atoms with E-state index in [2.05, 4.69) is 11.3 Å². The summed E-state index contributed by atoms with van der Waals surface area (Å²) in [4.78, 5) is 40.8. The summed E-state index contributed by atoms with van der Waals surface area (Å²) in [5.41, 5.74) is 2.08. The van der Waals surface area contributed by atoms with Crippen molar-refractivity contribution in [3.05, 3.63) is 89.2 Å². The first-order valence-electron chi connectivity index (χ1n) is 10.6. The summed E-state index contributed by atoms with van der Waals surface area (Å²) in [5.74, 6) is -1.63. The van der Waals surface area contributed by atoms with Crippen LogP contribution >= 0.6 is 0 Å². The number of carbonyl (C=O) groups is 2. The van der Waals surface area contributed by atoms with E-state index >= 15 is 0 Å². The number of ether oxygens (including phenoxy) is 1. The summed E-state index contributed by atoms with van der Waals surface area (Å²) in [5, 5.41) is 8.95. The Balaban J connectivity index is 0.00000456. The summed E-state index contributed by atoms with van der Waals surface area (Å²) < 4.78 is 20.1. The van der Waals surface area contributed by atoms with Crippen LogP contribution in [0.1, 0.15) is 28.4 Å². The normalized spacial score (nSPS) is 10.4. The number of benzene rings is 3. The van der Waals surface area contributed by atoms with E-state index in [-0.39, 0.29) is 52.9 Å². The van der Waals surface area contributed by atoms with Gasteiger partial charge >= 0.3 is 23.0 Å². The van der Waals surface area contributed by atoms with Gasteiger partial charge in [-0.25, -0.2) is 9.18 Å². The van der Waals surface area contributed by atoms with Crippen molar-refractivity contribution in [3.8, 4) is 11.5 Å². The Kier molecular flexibility index (Phi) is 10.3. The molecule has 8 nitrogen and oxygen atoms in total. The molecule has 10 heteroatoms. The molecule has 0 unspecified atom stereocenters. The molecular formula is C26H22FMnN3O5. The average Bonchev–Trinajstić information content (AvgIpc) is 2.85. The van der Waals surface area contributed by atoms with Gasteiger partial charge in [-0.15, -0.1) is 0 Å². The Hall–Kier alpha value is -4.01. The van der Waals surface area contributed by atoms with E-state index in [0.717, 1.165) is 27.0 Å². The molecule has 0 fully saturated rings. The third kappa shape index (κ3) is 7.49. The topological polar surface area (TPSA) is 99.5 Å². The summed E-state index contributed by atoms with van der Waals surface area (Å²) in [6.07, 6.45) is 4.16. The van der Waals surface area contributed by atoms with Crippen molar-refractivity contribution in [3.63, 3.8) is 0 Å². The van der Waals surface area contributed by atoms with Gasteiger partial charge in [-0.05, 0) is 62.0 Å². The fraction of sp³-hybridized carbons (Fsp3) is 0.154. The number of hydrogen-bond acceptors (Lipinski definition) is 5. The molecule has 0 heterocycles. The van der Waals surface area contributed by atoms with Crippen LogP contribution in [0.15, 0.2) is 71.7 Å². The molecule has 0 aromatic heterocycles. The van der Waals surface area contributed by atoms with Crippen LogP contribution in [0.25, 0.3) is 0 Å². The molecule has 0 bridgehead atoms. The molecular weight excluding hydrogens is 508 g/mol. The quantitative estimate of drug-likeness (QED) is 0.135. The molecule has 1 radical (unpaired) electrons. The van der Waals surface area contributed by atoms with Crippen LogP contribution in [0.5, 0.6) is 11.5 Å². The van der Waals surface area contributed by atoms with Crippen molar-refractivity contribution in [2.75, 3.05) is 6.54 Å². The van der Waals surface area contributed by atoms with Gasteiger partial charge in [0.15, 0.2) is 11.6 Å². The Morgan fingerprint density at radius 3 is 2.25 bits per heavy atom. The maximum atomic E-state index is 14.6. The number of carboxylic acids is 1. The number of nitrogens with zero attached hydrogens (tertiary/aromatic N) is 3. The van der Waals surface area contributed by atoms with E-state index in [0.29, 0.717) is 0 Å². The van der Waals surface area contributed by atoms with Gasteiger partial charge in [0.2, 0.25) is 6.03 Å². The smallest absolute Gasteiger partial charge is 0.478 e. The van der Waals surface area contributed by atoms with Gasteiger partial charge in [-0.2, -0.15) is 0 Å². The number of aromatic carboxylic acids is 1. The third-order valence-corrected chi connectivity index (χ3v) is 4.89. The van der Waals surface area contributed by atoms with Gasteiger partial charge < -0.3 is 34.2 Å². The number of urea groups is 1. The standard InChI is InChI=1S/C26H22FN3O5.Mn/c1-3-29(17-31)26(34)30(15-19-6-4-18(2)5-7-19)16-28-21-10-13-24(23(27)14-21)35-22-11-8-20(9-12-22)25(32)33;/h4-14H,3,15H2,1-2H3,(H,32,33);/q-2;+2. The van der Waals surface area contributed by atoms with E-state index in [9.17, 15) is 18.8 Å². The molecule has 3 aromatic carbocycles. The van der Waals surface area contributed by atoms with E-state index in [1.165, 1.54) is 36.4 Å². The molecule has 3 amide bonds. The molecule has 0 aliphatic heterocycles.